The maximum atomic E-state index is 12.1. The molecule has 0 saturated carbocycles. The highest BCUT2D eigenvalue weighted by Gasteiger charge is 2.27. The van der Waals surface area contributed by atoms with E-state index in [1.165, 1.54) is 4.73 Å². The van der Waals surface area contributed by atoms with Gasteiger partial charge in [0.15, 0.2) is 0 Å². The number of ether oxygens (including phenoxy) is 1. The van der Waals surface area contributed by atoms with E-state index in [1.807, 2.05) is 20.8 Å². The van der Waals surface area contributed by atoms with Gasteiger partial charge in [-0.05, 0) is 59.3 Å². The average Bonchev–Trinajstić information content (AvgIpc) is 3.01. The van der Waals surface area contributed by atoms with Gasteiger partial charge in [0.05, 0.1) is 16.7 Å². The van der Waals surface area contributed by atoms with Gasteiger partial charge < -0.3 is 9.94 Å². The lowest BCUT2D eigenvalue weighted by Gasteiger charge is -2.18. The minimum Gasteiger partial charge on any atom is -0.442 e. The minimum absolute atomic E-state index is 0.540. The number of nitrogens with zero attached hydrogens (tertiary/aromatic N) is 2. The van der Waals surface area contributed by atoms with Crippen LogP contribution < -0.4 is 5.36 Å². The summed E-state index contributed by atoms with van der Waals surface area (Å²) in [5, 5.41) is 11.1. The van der Waals surface area contributed by atoms with Crippen molar-refractivity contribution >= 4 is 6.09 Å². The van der Waals surface area contributed by atoms with Gasteiger partial charge in [-0.1, -0.05) is 0 Å². The summed E-state index contributed by atoms with van der Waals surface area (Å²) >= 11 is 0. The Morgan fingerprint density at radius 3 is 2.10 bits per heavy atom. The fourth-order valence-corrected chi connectivity index (χ4v) is 3.29. The lowest BCUT2D eigenvalue weighted by Crippen LogP contribution is -2.27. The Labute approximate surface area is 124 Å². The number of fused-ring (bicyclic) bond motifs is 2. The summed E-state index contributed by atoms with van der Waals surface area (Å²) in [6.45, 7) is 5.51. The molecular formula is C16H22N2O3. The van der Waals surface area contributed by atoms with E-state index in [0.717, 1.165) is 66.4 Å². The molecule has 1 aromatic rings. The molecule has 1 aromatic heterocycles. The molecule has 1 amide bonds. The third-order valence-corrected chi connectivity index (χ3v) is 4.06. The van der Waals surface area contributed by atoms with Crippen molar-refractivity contribution in [3.05, 3.63) is 27.9 Å². The van der Waals surface area contributed by atoms with Crippen molar-refractivity contribution in [2.45, 2.75) is 64.9 Å². The second-order valence-electron chi connectivity index (χ2n) is 6.81. The monoisotopic (exact) mass is 290 g/mol. The second kappa shape index (κ2) is 4.90. The zero-order valence-electron chi connectivity index (χ0n) is 12.9. The molecule has 2 aliphatic carbocycles. The van der Waals surface area contributed by atoms with Crippen LogP contribution in [0.2, 0.25) is 0 Å². The maximum absolute atomic E-state index is 12.1. The first-order valence-electron chi connectivity index (χ1n) is 7.62. The van der Waals surface area contributed by atoms with Crippen molar-refractivity contribution < 1.29 is 14.7 Å². The zero-order valence-corrected chi connectivity index (χ0v) is 12.9. The van der Waals surface area contributed by atoms with Crippen molar-refractivity contribution in [2.24, 2.45) is 4.99 Å². The predicted octanol–water partition coefficient (Wildman–Crippen LogP) is 2.54. The van der Waals surface area contributed by atoms with Crippen molar-refractivity contribution in [3.8, 4) is 0 Å². The highest BCUT2D eigenvalue weighted by Crippen LogP contribution is 2.26. The quantitative estimate of drug-likeness (QED) is 0.747. The summed E-state index contributed by atoms with van der Waals surface area (Å²) in [4.78, 5) is 16.3. The van der Waals surface area contributed by atoms with E-state index in [4.69, 9.17) is 4.74 Å². The molecule has 1 N–H and O–H groups in total. The number of pyridine rings is 1. The number of aromatic nitrogens is 1. The topological polar surface area (TPSA) is 63.8 Å². The summed E-state index contributed by atoms with van der Waals surface area (Å²) in [5.41, 5.74) is 3.32. The molecule has 2 aliphatic rings. The van der Waals surface area contributed by atoms with Gasteiger partial charge in [0.2, 0.25) is 0 Å². The number of amides is 1. The average molecular weight is 290 g/mol. The van der Waals surface area contributed by atoms with Gasteiger partial charge in [-0.25, -0.2) is 4.79 Å². The summed E-state index contributed by atoms with van der Waals surface area (Å²) in [6.07, 6.45) is 4.87. The van der Waals surface area contributed by atoms with Crippen LogP contribution >= 0.6 is 0 Å². The van der Waals surface area contributed by atoms with Crippen LogP contribution in [0.3, 0.4) is 0 Å². The fourth-order valence-electron chi connectivity index (χ4n) is 3.29. The number of carbonyl (C=O) groups excluding carboxylic acids is 1. The molecule has 0 atom stereocenters. The van der Waals surface area contributed by atoms with E-state index >= 15 is 0 Å². The number of hydrogen-bond acceptors (Lipinski definition) is 3. The Kier molecular flexibility index (Phi) is 3.30. The summed E-state index contributed by atoms with van der Waals surface area (Å²) in [5.74, 6) is 0. The third-order valence-electron chi connectivity index (χ3n) is 4.06. The Morgan fingerprint density at radius 2 is 1.62 bits per heavy atom. The number of hydrogen-bond donors (Lipinski definition) is 1. The molecule has 21 heavy (non-hydrogen) atoms. The maximum Gasteiger partial charge on any atom is 0.434 e. The highest BCUT2D eigenvalue weighted by molar-refractivity contribution is 5.69. The van der Waals surface area contributed by atoms with E-state index in [2.05, 4.69) is 4.99 Å². The van der Waals surface area contributed by atoms with Gasteiger partial charge in [-0.3, -0.25) is 0 Å². The molecule has 0 saturated heterocycles. The van der Waals surface area contributed by atoms with Crippen LogP contribution in [0.25, 0.3) is 0 Å². The standard InChI is InChI=1S/C16H22N2O3/c1-16(2,3)21-15(19)17-14-10-6-4-8-12(10)18(20)13-9-5-7-11(13)14/h20H,4-9H2,1-3H3. The van der Waals surface area contributed by atoms with Crippen LogP contribution in [-0.2, 0) is 30.4 Å². The minimum atomic E-state index is -0.543. The van der Waals surface area contributed by atoms with Gasteiger partial charge in [0.25, 0.3) is 0 Å². The van der Waals surface area contributed by atoms with E-state index < -0.39 is 11.7 Å². The molecule has 1 heterocycles. The summed E-state index contributed by atoms with van der Waals surface area (Å²) in [7, 11) is 0. The Balaban J connectivity index is 2.13. The smallest absolute Gasteiger partial charge is 0.434 e. The first-order chi connectivity index (χ1) is 9.87. The molecule has 3 rings (SSSR count). The molecule has 0 radical (unpaired) electrons. The fraction of sp³-hybridized carbons (Fsp3) is 0.625. The number of rotatable bonds is 0. The van der Waals surface area contributed by atoms with Crippen LogP contribution in [0.4, 0.5) is 4.79 Å². The van der Waals surface area contributed by atoms with E-state index in [0.29, 0.717) is 0 Å². The molecule has 0 unspecified atom stereocenters. The third kappa shape index (κ3) is 2.57. The van der Waals surface area contributed by atoms with Crippen LogP contribution in [0.1, 0.15) is 56.1 Å². The van der Waals surface area contributed by atoms with Crippen molar-refractivity contribution in [1.29, 1.82) is 0 Å². The summed E-state index contributed by atoms with van der Waals surface area (Å²) in [6, 6.07) is 0. The van der Waals surface area contributed by atoms with Crippen LogP contribution in [0, 0.1) is 0 Å². The summed E-state index contributed by atoms with van der Waals surface area (Å²) < 4.78 is 6.66. The van der Waals surface area contributed by atoms with Crippen LogP contribution in [0.5, 0.6) is 0 Å². The molecule has 0 aromatic carbocycles. The normalized spacial score (nSPS) is 16.5. The molecule has 0 bridgehead atoms. The van der Waals surface area contributed by atoms with E-state index in [1.54, 1.807) is 0 Å². The Hall–Kier alpha value is -1.78. The molecular weight excluding hydrogens is 268 g/mol. The highest BCUT2D eigenvalue weighted by atomic mass is 16.6. The van der Waals surface area contributed by atoms with Crippen LogP contribution in [0.15, 0.2) is 4.99 Å². The van der Waals surface area contributed by atoms with Gasteiger partial charge in [-0.15, -0.1) is 0 Å². The second-order valence-corrected chi connectivity index (χ2v) is 6.81. The lowest BCUT2D eigenvalue weighted by atomic mass is 10.1. The van der Waals surface area contributed by atoms with Crippen molar-refractivity contribution in [1.82, 2.24) is 4.73 Å². The van der Waals surface area contributed by atoms with Gasteiger partial charge >= 0.3 is 6.09 Å². The molecule has 0 aliphatic heterocycles. The van der Waals surface area contributed by atoms with E-state index in [-0.39, 0.29) is 0 Å². The van der Waals surface area contributed by atoms with E-state index in [9.17, 15) is 10.0 Å². The molecule has 5 heteroatoms. The first kappa shape index (κ1) is 14.2. The van der Waals surface area contributed by atoms with Crippen molar-refractivity contribution in [2.75, 3.05) is 0 Å². The Morgan fingerprint density at radius 1 is 1.10 bits per heavy atom. The number of carbonyl (C=O) groups is 1. The van der Waals surface area contributed by atoms with Gasteiger partial charge in [-0.2, -0.15) is 9.72 Å². The predicted molar refractivity (Wildman–Crippen MR) is 77.5 cm³/mol. The van der Waals surface area contributed by atoms with Crippen molar-refractivity contribution in [3.63, 3.8) is 0 Å². The largest absolute Gasteiger partial charge is 0.442 e. The molecule has 0 spiro atoms. The first-order valence-corrected chi connectivity index (χ1v) is 7.62. The molecule has 0 fully saturated rings. The van der Waals surface area contributed by atoms with Gasteiger partial charge in [0.1, 0.15) is 5.60 Å². The zero-order chi connectivity index (χ0) is 15.2. The SMILES string of the molecule is CC(C)(C)OC(=O)N=c1c2c(n(O)c3c1CCC3)CCC2. The molecule has 114 valence electrons. The Bertz CT molecular complexity index is 627. The van der Waals surface area contributed by atoms with Crippen LogP contribution in [-0.4, -0.2) is 21.6 Å². The lowest BCUT2D eigenvalue weighted by molar-refractivity contribution is 0.0596. The van der Waals surface area contributed by atoms with Gasteiger partial charge in [0, 0.05) is 11.1 Å². The molecule has 5 nitrogen and oxygen atoms in total.